The van der Waals surface area contributed by atoms with Gasteiger partial charge in [0.25, 0.3) is 5.91 Å². The normalized spacial score (nSPS) is 11.4. The first-order valence-corrected chi connectivity index (χ1v) is 9.33. The zero-order valence-electron chi connectivity index (χ0n) is 16.8. The SMILES string of the molecule is CCCOc1ccccc1OCC(=O)O[C@H](C)C(=O)Nc1c(C)cccc1C. The molecule has 0 radical (unpaired) electrons. The Morgan fingerprint density at radius 3 is 2.18 bits per heavy atom. The largest absolute Gasteiger partial charge is 0.490 e. The second-order valence-corrected chi connectivity index (χ2v) is 6.47. The molecule has 2 aromatic carbocycles. The molecule has 6 heteroatoms. The monoisotopic (exact) mass is 385 g/mol. The van der Waals surface area contributed by atoms with Crippen LogP contribution >= 0.6 is 0 Å². The van der Waals surface area contributed by atoms with Crippen molar-refractivity contribution in [1.82, 2.24) is 0 Å². The van der Waals surface area contributed by atoms with Gasteiger partial charge in [-0.15, -0.1) is 0 Å². The number of ether oxygens (including phenoxy) is 3. The molecule has 0 saturated heterocycles. The van der Waals surface area contributed by atoms with Gasteiger partial charge in [-0.2, -0.15) is 0 Å². The Hall–Kier alpha value is -3.02. The van der Waals surface area contributed by atoms with Gasteiger partial charge in [-0.05, 0) is 50.5 Å². The number of benzene rings is 2. The molecule has 1 N–H and O–H groups in total. The van der Waals surface area contributed by atoms with Crippen LogP contribution < -0.4 is 14.8 Å². The average molecular weight is 385 g/mol. The number of para-hydroxylation sites is 3. The average Bonchev–Trinajstić information content (AvgIpc) is 2.68. The van der Waals surface area contributed by atoms with E-state index >= 15 is 0 Å². The molecular formula is C22H27NO5. The molecule has 0 unspecified atom stereocenters. The van der Waals surface area contributed by atoms with E-state index in [0.717, 1.165) is 23.2 Å². The molecular weight excluding hydrogens is 358 g/mol. The highest BCUT2D eigenvalue weighted by Crippen LogP contribution is 2.26. The van der Waals surface area contributed by atoms with Crippen molar-refractivity contribution in [3.8, 4) is 11.5 Å². The Kier molecular flexibility index (Phi) is 7.87. The fraction of sp³-hybridized carbons (Fsp3) is 0.364. The highest BCUT2D eigenvalue weighted by molar-refractivity contribution is 5.96. The third-order valence-corrected chi connectivity index (χ3v) is 4.06. The summed E-state index contributed by atoms with van der Waals surface area (Å²) in [5.41, 5.74) is 2.62. The maximum atomic E-state index is 12.3. The minimum absolute atomic E-state index is 0.312. The molecule has 0 aliphatic heterocycles. The van der Waals surface area contributed by atoms with Crippen molar-refractivity contribution in [3.63, 3.8) is 0 Å². The molecule has 0 fully saturated rings. The molecule has 0 aromatic heterocycles. The van der Waals surface area contributed by atoms with Crippen molar-refractivity contribution < 1.29 is 23.8 Å². The summed E-state index contributed by atoms with van der Waals surface area (Å²) in [5.74, 6) is 0.00499. The molecule has 1 amide bonds. The standard InChI is InChI=1S/C22H27NO5/c1-5-13-26-18-11-6-7-12-19(18)27-14-20(24)28-17(4)22(25)23-21-15(2)9-8-10-16(21)3/h6-12,17H,5,13-14H2,1-4H3,(H,23,25)/t17-/m1/s1. The molecule has 2 aromatic rings. The molecule has 0 bridgehead atoms. The van der Waals surface area contributed by atoms with Gasteiger partial charge in [0.05, 0.1) is 6.61 Å². The van der Waals surface area contributed by atoms with Crippen LogP contribution in [0.1, 0.15) is 31.4 Å². The van der Waals surface area contributed by atoms with Crippen LogP contribution in [0.15, 0.2) is 42.5 Å². The molecule has 28 heavy (non-hydrogen) atoms. The molecule has 0 aliphatic carbocycles. The summed E-state index contributed by atoms with van der Waals surface area (Å²) < 4.78 is 16.3. The molecule has 0 spiro atoms. The first-order valence-electron chi connectivity index (χ1n) is 9.33. The van der Waals surface area contributed by atoms with Crippen molar-refractivity contribution >= 4 is 17.6 Å². The first-order chi connectivity index (χ1) is 13.4. The predicted molar refractivity (Wildman–Crippen MR) is 108 cm³/mol. The van der Waals surface area contributed by atoms with Gasteiger partial charge >= 0.3 is 5.97 Å². The molecule has 150 valence electrons. The van der Waals surface area contributed by atoms with E-state index in [-0.39, 0.29) is 6.61 Å². The Bertz CT molecular complexity index is 798. The van der Waals surface area contributed by atoms with Gasteiger partial charge in [0, 0.05) is 5.69 Å². The highest BCUT2D eigenvalue weighted by atomic mass is 16.6. The fourth-order valence-electron chi connectivity index (χ4n) is 2.56. The Morgan fingerprint density at radius 2 is 1.57 bits per heavy atom. The molecule has 2 rings (SSSR count). The van der Waals surface area contributed by atoms with Gasteiger partial charge < -0.3 is 19.5 Å². The van der Waals surface area contributed by atoms with E-state index in [2.05, 4.69) is 5.32 Å². The number of anilines is 1. The summed E-state index contributed by atoms with van der Waals surface area (Å²) in [6, 6.07) is 12.8. The van der Waals surface area contributed by atoms with Crippen molar-refractivity contribution in [2.24, 2.45) is 0 Å². The van der Waals surface area contributed by atoms with Gasteiger partial charge in [-0.25, -0.2) is 4.79 Å². The van der Waals surface area contributed by atoms with E-state index < -0.39 is 18.0 Å². The number of carbonyl (C=O) groups excluding carboxylic acids is 2. The minimum Gasteiger partial charge on any atom is -0.490 e. The second-order valence-electron chi connectivity index (χ2n) is 6.47. The number of esters is 1. The predicted octanol–water partition coefficient (Wildman–Crippen LogP) is 4.04. The van der Waals surface area contributed by atoms with Crippen molar-refractivity contribution in [2.45, 2.75) is 40.2 Å². The molecule has 0 aliphatic rings. The molecule has 0 heterocycles. The Morgan fingerprint density at radius 1 is 0.964 bits per heavy atom. The summed E-state index contributed by atoms with van der Waals surface area (Å²) in [7, 11) is 0. The van der Waals surface area contributed by atoms with Gasteiger partial charge in [0.15, 0.2) is 24.2 Å². The van der Waals surface area contributed by atoms with Crippen LogP contribution in [0, 0.1) is 13.8 Å². The van der Waals surface area contributed by atoms with Gasteiger partial charge in [0.1, 0.15) is 0 Å². The smallest absolute Gasteiger partial charge is 0.344 e. The minimum atomic E-state index is -0.943. The maximum Gasteiger partial charge on any atom is 0.344 e. The second kappa shape index (κ2) is 10.3. The lowest BCUT2D eigenvalue weighted by Gasteiger charge is -2.17. The zero-order chi connectivity index (χ0) is 20.5. The quantitative estimate of drug-likeness (QED) is 0.660. The van der Waals surface area contributed by atoms with E-state index in [1.807, 2.05) is 45.0 Å². The Labute approximate surface area is 165 Å². The van der Waals surface area contributed by atoms with E-state index in [4.69, 9.17) is 14.2 Å². The summed E-state index contributed by atoms with van der Waals surface area (Å²) in [6.07, 6.45) is -0.0784. The van der Waals surface area contributed by atoms with E-state index in [9.17, 15) is 9.59 Å². The van der Waals surface area contributed by atoms with E-state index in [1.165, 1.54) is 6.92 Å². The van der Waals surface area contributed by atoms with Crippen LogP contribution in [0.2, 0.25) is 0 Å². The highest BCUT2D eigenvalue weighted by Gasteiger charge is 2.20. The van der Waals surface area contributed by atoms with Crippen LogP contribution in [0.5, 0.6) is 11.5 Å². The molecule has 0 saturated carbocycles. The molecule has 6 nitrogen and oxygen atoms in total. The number of hydrogen-bond donors (Lipinski definition) is 1. The third-order valence-electron chi connectivity index (χ3n) is 4.06. The number of hydrogen-bond acceptors (Lipinski definition) is 5. The third kappa shape index (κ3) is 6.01. The fourth-order valence-corrected chi connectivity index (χ4v) is 2.56. The lowest BCUT2D eigenvalue weighted by molar-refractivity contribution is -0.155. The lowest BCUT2D eigenvalue weighted by atomic mass is 10.1. The van der Waals surface area contributed by atoms with E-state index in [0.29, 0.717) is 18.1 Å². The molecule has 1 atom stereocenters. The van der Waals surface area contributed by atoms with Crippen LogP contribution in [-0.2, 0) is 14.3 Å². The number of amides is 1. The van der Waals surface area contributed by atoms with Crippen molar-refractivity contribution in [1.29, 1.82) is 0 Å². The lowest BCUT2D eigenvalue weighted by Crippen LogP contribution is -2.32. The maximum absolute atomic E-state index is 12.3. The summed E-state index contributed by atoms with van der Waals surface area (Å²) in [4.78, 5) is 24.4. The van der Waals surface area contributed by atoms with E-state index in [1.54, 1.807) is 18.2 Å². The first kappa shape index (κ1) is 21.3. The van der Waals surface area contributed by atoms with Crippen molar-refractivity contribution in [2.75, 3.05) is 18.5 Å². The van der Waals surface area contributed by atoms with Gasteiger partial charge in [0.2, 0.25) is 0 Å². The zero-order valence-corrected chi connectivity index (χ0v) is 16.8. The van der Waals surface area contributed by atoms with Gasteiger partial charge in [-0.3, -0.25) is 4.79 Å². The summed E-state index contributed by atoms with van der Waals surface area (Å²) >= 11 is 0. The van der Waals surface area contributed by atoms with Crippen LogP contribution in [0.25, 0.3) is 0 Å². The van der Waals surface area contributed by atoms with Gasteiger partial charge in [-0.1, -0.05) is 37.3 Å². The topological polar surface area (TPSA) is 73.9 Å². The number of carbonyl (C=O) groups is 2. The Balaban J connectivity index is 1.88. The number of aryl methyl sites for hydroxylation is 2. The van der Waals surface area contributed by atoms with Crippen LogP contribution in [0.3, 0.4) is 0 Å². The number of rotatable bonds is 9. The van der Waals surface area contributed by atoms with Crippen LogP contribution in [0.4, 0.5) is 5.69 Å². The number of nitrogens with one attached hydrogen (secondary N) is 1. The summed E-state index contributed by atoms with van der Waals surface area (Å²) in [6.45, 7) is 7.59. The summed E-state index contributed by atoms with van der Waals surface area (Å²) in [5, 5.41) is 2.81. The van der Waals surface area contributed by atoms with Crippen molar-refractivity contribution in [3.05, 3.63) is 53.6 Å². The van der Waals surface area contributed by atoms with Crippen LogP contribution in [-0.4, -0.2) is 31.2 Å².